The average molecular weight is 319 g/mol. The van der Waals surface area contributed by atoms with Crippen molar-refractivity contribution in [3.63, 3.8) is 0 Å². The van der Waals surface area contributed by atoms with Crippen LogP contribution in [0.1, 0.15) is 20.7 Å². The van der Waals surface area contributed by atoms with Gasteiger partial charge in [0.15, 0.2) is 0 Å². The van der Waals surface area contributed by atoms with Crippen molar-refractivity contribution in [2.75, 3.05) is 7.11 Å². The van der Waals surface area contributed by atoms with Crippen molar-refractivity contribution in [3.05, 3.63) is 58.1 Å². The first-order valence-corrected chi connectivity index (χ1v) is 6.38. The van der Waals surface area contributed by atoms with Gasteiger partial charge in [0.25, 0.3) is 0 Å². The number of esters is 1. The Kier molecular flexibility index (Phi) is 4.12. The van der Waals surface area contributed by atoms with Crippen molar-refractivity contribution >= 4 is 28.2 Å². The van der Waals surface area contributed by atoms with Gasteiger partial charge in [-0.05, 0) is 45.3 Å². The third-order valence-corrected chi connectivity index (χ3v) is 3.42. The molecule has 0 unspecified atom stereocenters. The van der Waals surface area contributed by atoms with Gasteiger partial charge in [-0.25, -0.2) is 4.79 Å². The van der Waals surface area contributed by atoms with E-state index in [1.165, 1.54) is 7.11 Å². The van der Waals surface area contributed by atoms with Crippen molar-refractivity contribution in [3.8, 4) is 11.1 Å². The Balaban J connectivity index is 2.50. The number of hydrogen-bond acceptors (Lipinski definition) is 3. The molecule has 0 amide bonds. The first-order chi connectivity index (χ1) is 9.15. The molecule has 2 aromatic carbocycles. The Hall–Kier alpha value is -1.94. The summed E-state index contributed by atoms with van der Waals surface area (Å²) in [5, 5.41) is 0. The molecule has 0 aliphatic rings. The smallest absolute Gasteiger partial charge is 0.339 e. The fraction of sp³-hybridized carbons (Fsp3) is 0.0667. The zero-order valence-electron chi connectivity index (χ0n) is 10.2. The molecule has 0 saturated carbocycles. The molecule has 0 atom stereocenters. The summed E-state index contributed by atoms with van der Waals surface area (Å²) < 4.78 is 5.40. The van der Waals surface area contributed by atoms with Gasteiger partial charge >= 0.3 is 5.97 Å². The van der Waals surface area contributed by atoms with Crippen LogP contribution in [0, 0.1) is 0 Å². The standard InChI is InChI=1S/C15H11BrO3/c1-19-15(18)13-8-12(5-6-14(13)16)11-4-2-3-10(7-11)9-17/h2-9H,1H3. The molecule has 0 aliphatic carbocycles. The van der Waals surface area contributed by atoms with Gasteiger partial charge in [0.1, 0.15) is 6.29 Å². The lowest BCUT2D eigenvalue weighted by atomic mass is 10.0. The molecule has 4 heteroatoms. The second kappa shape index (κ2) is 5.80. The van der Waals surface area contributed by atoms with E-state index in [-0.39, 0.29) is 0 Å². The lowest BCUT2D eigenvalue weighted by Gasteiger charge is -2.07. The highest BCUT2D eigenvalue weighted by Crippen LogP contribution is 2.26. The zero-order valence-corrected chi connectivity index (χ0v) is 11.8. The van der Waals surface area contributed by atoms with E-state index in [2.05, 4.69) is 15.9 Å². The summed E-state index contributed by atoms with van der Waals surface area (Å²) in [7, 11) is 1.34. The average Bonchev–Trinajstić information content (AvgIpc) is 2.47. The van der Waals surface area contributed by atoms with Crippen LogP contribution in [-0.4, -0.2) is 19.4 Å². The molecule has 0 saturated heterocycles. The maximum absolute atomic E-state index is 11.6. The molecule has 0 bridgehead atoms. The number of halogens is 1. The van der Waals surface area contributed by atoms with E-state index in [4.69, 9.17) is 4.74 Å². The molecular formula is C15H11BrO3. The molecule has 96 valence electrons. The minimum absolute atomic E-state index is 0.403. The molecule has 0 spiro atoms. The Bertz CT molecular complexity index is 635. The summed E-state index contributed by atoms with van der Waals surface area (Å²) in [5.41, 5.74) is 2.78. The Morgan fingerprint density at radius 1 is 1.16 bits per heavy atom. The number of rotatable bonds is 3. The van der Waals surface area contributed by atoms with E-state index >= 15 is 0 Å². The third kappa shape index (κ3) is 2.90. The van der Waals surface area contributed by atoms with Crippen LogP contribution in [0.25, 0.3) is 11.1 Å². The number of benzene rings is 2. The number of carbonyl (C=O) groups is 2. The SMILES string of the molecule is COC(=O)c1cc(-c2cccc(C=O)c2)ccc1Br. The Labute approximate surface area is 119 Å². The fourth-order valence-corrected chi connectivity index (χ4v) is 2.17. The summed E-state index contributed by atoms with van der Waals surface area (Å²) in [6, 6.07) is 12.6. The van der Waals surface area contributed by atoms with Gasteiger partial charge in [-0.1, -0.05) is 24.3 Å². The number of ether oxygens (including phenoxy) is 1. The minimum atomic E-state index is -0.403. The quantitative estimate of drug-likeness (QED) is 0.640. The first-order valence-electron chi connectivity index (χ1n) is 5.59. The van der Waals surface area contributed by atoms with E-state index in [1.54, 1.807) is 30.3 Å². The van der Waals surface area contributed by atoms with Crippen LogP contribution in [0.3, 0.4) is 0 Å². The summed E-state index contributed by atoms with van der Waals surface area (Å²) in [6.45, 7) is 0. The first kappa shape index (κ1) is 13.5. The van der Waals surface area contributed by atoms with E-state index in [0.717, 1.165) is 17.4 Å². The van der Waals surface area contributed by atoms with Crippen molar-refractivity contribution in [2.24, 2.45) is 0 Å². The third-order valence-electron chi connectivity index (χ3n) is 2.73. The van der Waals surface area contributed by atoms with Crippen LogP contribution in [-0.2, 0) is 4.74 Å². The molecule has 2 rings (SSSR count). The maximum Gasteiger partial charge on any atom is 0.339 e. The van der Waals surface area contributed by atoms with Crippen LogP contribution in [0.5, 0.6) is 0 Å². The highest BCUT2D eigenvalue weighted by molar-refractivity contribution is 9.10. The molecule has 0 heterocycles. The van der Waals surface area contributed by atoms with Gasteiger partial charge in [-0.15, -0.1) is 0 Å². The molecule has 2 aromatic rings. The monoisotopic (exact) mass is 318 g/mol. The predicted octanol–water partition coefficient (Wildman–Crippen LogP) is 3.72. The molecule has 0 fully saturated rings. The number of carbonyl (C=O) groups excluding carboxylic acids is 2. The minimum Gasteiger partial charge on any atom is -0.465 e. The van der Waals surface area contributed by atoms with Gasteiger partial charge in [0.05, 0.1) is 12.7 Å². The normalized spacial score (nSPS) is 10.0. The zero-order chi connectivity index (χ0) is 13.8. The second-order valence-corrected chi connectivity index (χ2v) is 4.78. The molecule has 3 nitrogen and oxygen atoms in total. The second-order valence-electron chi connectivity index (χ2n) is 3.93. The number of methoxy groups -OCH3 is 1. The van der Waals surface area contributed by atoms with Gasteiger partial charge < -0.3 is 4.74 Å². The van der Waals surface area contributed by atoms with Crippen molar-refractivity contribution in [1.82, 2.24) is 0 Å². The van der Waals surface area contributed by atoms with E-state index in [0.29, 0.717) is 15.6 Å². The summed E-state index contributed by atoms with van der Waals surface area (Å²) >= 11 is 3.32. The van der Waals surface area contributed by atoms with Gasteiger partial charge in [0.2, 0.25) is 0 Å². The maximum atomic E-state index is 11.6. The van der Waals surface area contributed by atoms with Crippen molar-refractivity contribution in [1.29, 1.82) is 0 Å². The van der Waals surface area contributed by atoms with E-state index in [9.17, 15) is 9.59 Å². The van der Waals surface area contributed by atoms with Crippen LogP contribution in [0.2, 0.25) is 0 Å². The predicted molar refractivity (Wildman–Crippen MR) is 76.3 cm³/mol. The van der Waals surface area contributed by atoms with Crippen LogP contribution < -0.4 is 0 Å². The molecule has 19 heavy (non-hydrogen) atoms. The lowest BCUT2D eigenvalue weighted by molar-refractivity contribution is 0.0599. The van der Waals surface area contributed by atoms with Gasteiger partial charge in [0, 0.05) is 10.0 Å². The van der Waals surface area contributed by atoms with E-state index in [1.807, 2.05) is 12.1 Å². The van der Waals surface area contributed by atoms with Gasteiger partial charge in [-0.2, -0.15) is 0 Å². The van der Waals surface area contributed by atoms with Crippen molar-refractivity contribution < 1.29 is 14.3 Å². The van der Waals surface area contributed by atoms with Crippen LogP contribution >= 0.6 is 15.9 Å². The van der Waals surface area contributed by atoms with E-state index < -0.39 is 5.97 Å². The van der Waals surface area contributed by atoms with Crippen molar-refractivity contribution in [2.45, 2.75) is 0 Å². The summed E-state index contributed by atoms with van der Waals surface area (Å²) in [6.07, 6.45) is 0.795. The summed E-state index contributed by atoms with van der Waals surface area (Å²) in [4.78, 5) is 22.4. The molecular weight excluding hydrogens is 308 g/mol. The highest BCUT2D eigenvalue weighted by Gasteiger charge is 2.11. The van der Waals surface area contributed by atoms with Crippen LogP contribution in [0.15, 0.2) is 46.9 Å². The number of aldehydes is 1. The lowest BCUT2D eigenvalue weighted by Crippen LogP contribution is -2.02. The molecule has 0 aliphatic heterocycles. The number of hydrogen-bond donors (Lipinski definition) is 0. The topological polar surface area (TPSA) is 43.4 Å². The van der Waals surface area contributed by atoms with Gasteiger partial charge in [-0.3, -0.25) is 4.79 Å². The molecule has 0 N–H and O–H groups in total. The Morgan fingerprint density at radius 2 is 1.89 bits per heavy atom. The largest absolute Gasteiger partial charge is 0.465 e. The summed E-state index contributed by atoms with van der Waals surface area (Å²) in [5.74, 6) is -0.403. The Morgan fingerprint density at radius 3 is 2.58 bits per heavy atom. The highest BCUT2D eigenvalue weighted by atomic mass is 79.9. The molecule has 0 aromatic heterocycles. The molecule has 0 radical (unpaired) electrons. The van der Waals surface area contributed by atoms with Crippen LogP contribution in [0.4, 0.5) is 0 Å². The fourth-order valence-electron chi connectivity index (χ4n) is 1.76.